The first-order valence-electron chi connectivity index (χ1n) is 10.3. The number of anilines is 1. The Kier molecular flexibility index (Phi) is 8.11. The van der Waals surface area contributed by atoms with E-state index >= 15 is 0 Å². The Labute approximate surface area is 199 Å². The van der Waals surface area contributed by atoms with Crippen molar-refractivity contribution < 1.29 is 14.7 Å². The Balaban J connectivity index is 0.00000193. The minimum absolute atomic E-state index is 0. The Morgan fingerprint density at radius 3 is 2.55 bits per heavy atom. The summed E-state index contributed by atoms with van der Waals surface area (Å²) in [5, 5.41) is 13.0. The van der Waals surface area contributed by atoms with Crippen LogP contribution in [0.25, 0.3) is 0 Å². The van der Waals surface area contributed by atoms with Gasteiger partial charge >= 0.3 is 0 Å². The van der Waals surface area contributed by atoms with Gasteiger partial charge in [-0.3, -0.25) is 10.2 Å². The van der Waals surface area contributed by atoms with E-state index < -0.39 is 0 Å². The van der Waals surface area contributed by atoms with Gasteiger partial charge in [-0.25, -0.2) is 4.39 Å². The average molecular weight is 474 g/mol. The fourth-order valence-electron chi connectivity index (χ4n) is 4.04. The summed E-state index contributed by atoms with van der Waals surface area (Å²) in [6.45, 7) is 6.32. The normalized spacial score (nSPS) is 19.1. The molecule has 7 nitrogen and oxygen atoms in total. The second kappa shape index (κ2) is 10.2. The van der Waals surface area contributed by atoms with Crippen LogP contribution in [0.1, 0.15) is 50.3 Å². The summed E-state index contributed by atoms with van der Waals surface area (Å²) in [6.07, 6.45) is 2.79. The number of benzene rings is 2. The van der Waals surface area contributed by atoms with Crippen LogP contribution in [0, 0.1) is 11.7 Å². The molecule has 0 saturated carbocycles. The second-order valence-corrected chi connectivity index (χ2v) is 8.80. The van der Waals surface area contributed by atoms with Crippen LogP contribution < -0.4 is 10.3 Å². The van der Waals surface area contributed by atoms with Crippen molar-refractivity contribution >= 4 is 41.8 Å². The number of carbonyl (C=O) groups excluding carboxylic acids is 1. The van der Waals surface area contributed by atoms with E-state index in [9.17, 15) is 9.18 Å². The molecule has 0 saturated heterocycles. The molecular weight excluding hydrogens is 445 g/mol. The SMILES string of the molecule is CC1CC(NN=Cc2ccc(F)cc2)=NN=C1c1ccc2c(c1)C(C)(C)CC(=O)N2C.Cl.O. The van der Waals surface area contributed by atoms with Gasteiger partial charge in [0.2, 0.25) is 5.91 Å². The first-order chi connectivity index (χ1) is 14.7. The van der Waals surface area contributed by atoms with Crippen molar-refractivity contribution in [2.75, 3.05) is 11.9 Å². The minimum Gasteiger partial charge on any atom is -0.412 e. The number of hydrogen-bond donors (Lipinski definition) is 1. The van der Waals surface area contributed by atoms with E-state index in [1.807, 2.05) is 19.2 Å². The standard InChI is InChI=1S/C24H26FN5O.ClH.H2O/c1-15-11-21(27-26-14-16-5-8-18(25)9-6-16)28-29-23(15)17-7-10-20-19(12-17)24(2,3)13-22(31)30(20)4;;/h5-10,12,14-15H,11,13H2,1-4H3,(H,27,28);1H;1H2. The van der Waals surface area contributed by atoms with Crippen LogP contribution in [-0.2, 0) is 10.2 Å². The zero-order chi connectivity index (χ0) is 22.2. The highest BCUT2D eigenvalue weighted by molar-refractivity contribution is 6.07. The molecule has 1 atom stereocenters. The molecule has 0 aliphatic carbocycles. The van der Waals surface area contributed by atoms with E-state index in [0.717, 1.165) is 28.1 Å². The fourth-order valence-corrected chi connectivity index (χ4v) is 4.04. The van der Waals surface area contributed by atoms with E-state index in [4.69, 9.17) is 0 Å². The molecule has 1 unspecified atom stereocenters. The van der Waals surface area contributed by atoms with Gasteiger partial charge in [-0.05, 0) is 41.0 Å². The molecule has 0 fully saturated rings. The lowest BCUT2D eigenvalue weighted by atomic mass is 9.76. The maximum absolute atomic E-state index is 13.0. The Hall–Kier alpha value is -3.10. The van der Waals surface area contributed by atoms with Crippen molar-refractivity contribution in [3.63, 3.8) is 0 Å². The molecule has 4 rings (SSSR count). The van der Waals surface area contributed by atoms with Gasteiger partial charge in [0.25, 0.3) is 0 Å². The summed E-state index contributed by atoms with van der Waals surface area (Å²) < 4.78 is 13.0. The molecule has 33 heavy (non-hydrogen) atoms. The van der Waals surface area contributed by atoms with Crippen LogP contribution in [0.5, 0.6) is 0 Å². The van der Waals surface area contributed by atoms with Gasteiger partial charge in [-0.15, -0.1) is 17.5 Å². The summed E-state index contributed by atoms with van der Waals surface area (Å²) >= 11 is 0. The van der Waals surface area contributed by atoms with Gasteiger partial charge in [0.15, 0.2) is 0 Å². The quantitative estimate of drug-likeness (QED) is 0.541. The first-order valence-corrected chi connectivity index (χ1v) is 10.3. The predicted molar refractivity (Wildman–Crippen MR) is 133 cm³/mol. The maximum Gasteiger partial charge on any atom is 0.227 e. The van der Waals surface area contributed by atoms with Gasteiger partial charge in [0, 0.05) is 36.9 Å². The topological polar surface area (TPSA) is 101 Å². The fraction of sp³-hybridized carbons (Fsp3) is 0.333. The predicted octanol–water partition coefficient (Wildman–Crippen LogP) is 3.83. The molecular formula is C24H29ClFN5O2. The number of carbonyl (C=O) groups is 1. The number of nitrogens with one attached hydrogen (secondary N) is 1. The molecule has 9 heteroatoms. The van der Waals surface area contributed by atoms with E-state index in [-0.39, 0.29) is 40.9 Å². The molecule has 2 aromatic carbocycles. The lowest BCUT2D eigenvalue weighted by molar-refractivity contribution is -0.119. The molecule has 2 aromatic rings. The molecule has 0 spiro atoms. The average Bonchev–Trinajstić information content (AvgIpc) is 2.73. The van der Waals surface area contributed by atoms with E-state index in [2.05, 4.69) is 47.6 Å². The number of nitrogens with zero attached hydrogens (tertiary/aromatic N) is 4. The van der Waals surface area contributed by atoms with Crippen LogP contribution in [0.3, 0.4) is 0 Å². The molecule has 2 heterocycles. The third-order valence-electron chi connectivity index (χ3n) is 5.87. The number of amidine groups is 1. The third kappa shape index (κ3) is 5.46. The number of amides is 1. The van der Waals surface area contributed by atoms with Crippen LogP contribution in [-0.4, -0.2) is 36.2 Å². The van der Waals surface area contributed by atoms with Crippen molar-refractivity contribution in [3.8, 4) is 0 Å². The van der Waals surface area contributed by atoms with E-state index in [0.29, 0.717) is 18.7 Å². The van der Waals surface area contributed by atoms with E-state index in [1.54, 1.807) is 23.2 Å². The van der Waals surface area contributed by atoms with Gasteiger partial charge < -0.3 is 10.4 Å². The van der Waals surface area contributed by atoms with Crippen molar-refractivity contribution in [2.24, 2.45) is 21.2 Å². The third-order valence-corrected chi connectivity index (χ3v) is 5.87. The van der Waals surface area contributed by atoms with Crippen LogP contribution in [0.15, 0.2) is 57.8 Å². The summed E-state index contributed by atoms with van der Waals surface area (Å²) in [6, 6.07) is 12.3. The summed E-state index contributed by atoms with van der Waals surface area (Å²) in [7, 11) is 1.82. The Bertz CT molecular complexity index is 1110. The Morgan fingerprint density at radius 1 is 1.18 bits per heavy atom. The van der Waals surface area contributed by atoms with Crippen LogP contribution >= 0.6 is 12.4 Å². The summed E-state index contributed by atoms with van der Waals surface area (Å²) in [4.78, 5) is 14.0. The molecule has 0 aromatic heterocycles. The molecule has 0 bridgehead atoms. The lowest BCUT2D eigenvalue weighted by Gasteiger charge is -2.37. The van der Waals surface area contributed by atoms with Crippen molar-refractivity contribution in [3.05, 3.63) is 65.0 Å². The number of hydrogen-bond acceptors (Lipinski definition) is 5. The Morgan fingerprint density at radius 2 is 1.88 bits per heavy atom. The van der Waals surface area contributed by atoms with Crippen LogP contribution in [0.2, 0.25) is 0 Å². The highest BCUT2D eigenvalue weighted by Gasteiger charge is 2.35. The highest BCUT2D eigenvalue weighted by Crippen LogP contribution is 2.40. The monoisotopic (exact) mass is 473 g/mol. The molecule has 3 N–H and O–H groups in total. The van der Waals surface area contributed by atoms with Gasteiger partial charge in [-0.2, -0.15) is 10.2 Å². The molecule has 2 aliphatic rings. The van der Waals surface area contributed by atoms with Crippen molar-refractivity contribution in [2.45, 2.75) is 39.0 Å². The molecule has 1 amide bonds. The zero-order valence-electron chi connectivity index (χ0n) is 19.1. The minimum atomic E-state index is -0.277. The molecule has 0 radical (unpaired) electrons. The smallest absolute Gasteiger partial charge is 0.227 e. The second-order valence-electron chi connectivity index (χ2n) is 8.80. The van der Waals surface area contributed by atoms with Crippen LogP contribution in [0.4, 0.5) is 10.1 Å². The summed E-state index contributed by atoms with van der Waals surface area (Å²) in [5.74, 6) is 0.694. The number of hydrazone groups is 1. The molecule has 2 aliphatic heterocycles. The van der Waals surface area contributed by atoms with Gasteiger partial charge in [0.1, 0.15) is 11.7 Å². The number of fused-ring (bicyclic) bond motifs is 1. The van der Waals surface area contributed by atoms with Crippen molar-refractivity contribution in [1.29, 1.82) is 0 Å². The largest absolute Gasteiger partial charge is 0.412 e. The first kappa shape index (κ1) is 26.2. The molecule has 176 valence electrons. The number of halogens is 2. The number of rotatable bonds is 3. The zero-order valence-corrected chi connectivity index (χ0v) is 19.9. The lowest BCUT2D eigenvalue weighted by Crippen LogP contribution is -2.39. The highest BCUT2D eigenvalue weighted by atomic mass is 35.5. The van der Waals surface area contributed by atoms with Crippen molar-refractivity contribution in [1.82, 2.24) is 5.43 Å². The summed E-state index contributed by atoms with van der Waals surface area (Å²) in [5.41, 5.74) is 7.56. The van der Waals surface area contributed by atoms with Gasteiger partial charge in [-0.1, -0.05) is 39.0 Å². The maximum atomic E-state index is 13.0. The van der Waals surface area contributed by atoms with E-state index in [1.165, 1.54) is 12.1 Å². The van der Waals surface area contributed by atoms with Gasteiger partial charge in [0.05, 0.1) is 11.9 Å².